The molecule has 0 aromatic heterocycles. The first kappa shape index (κ1) is 19.3. The molecule has 2 aromatic carbocycles. The molecule has 138 valence electrons. The first-order valence-electron chi connectivity index (χ1n) is 8.36. The maximum Gasteiger partial charge on any atom is 0.347 e. The van der Waals surface area contributed by atoms with Gasteiger partial charge in [0.15, 0.2) is 12.7 Å². The van der Waals surface area contributed by atoms with E-state index in [0.717, 1.165) is 11.3 Å². The number of carbonyl (C=O) groups excluding carboxylic acids is 2. The number of carbonyl (C=O) groups is 2. The molecule has 0 aliphatic carbocycles. The minimum atomic E-state index is -0.788. The topological polar surface area (TPSA) is 73.9 Å². The van der Waals surface area contributed by atoms with E-state index in [4.69, 9.17) is 14.2 Å². The summed E-state index contributed by atoms with van der Waals surface area (Å²) in [5.41, 5.74) is 1.08. The van der Waals surface area contributed by atoms with Gasteiger partial charge in [0.2, 0.25) is 0 Å². The second-order valence-corrected chi connectivity index (χ2v) is 5.63. The van der Waals surface area contributed by atoms with Crippen LogP contribution < -0.4 is 14.8 Å². The molecule has 1 atom stereocenters. The highest BCUT2D eigenvalue weighted by Gasteiger charge is 2.17. The molecule has 0 spiro atoms. The van der Waals surface area contributed by atoms with E-state index in [2.05, 4.69) is 5.32 Å². The molecule has 6 nitrogen and oxygen atoms in total. The average Bonchev–Trinajstić information content (AvgIpc) is 2.67. The van der Waals surface area contributed by atoms with E-state index in [-0.39, 0.29) is 12.5 Å². The molecule has 0 radical (unpaired) electrons. The zero-order valence-electron chi connectivity index (χ0n) is 14.9. The Labute approximate surface area is 153 Å². The summed E-state index contributed by atoms with van der Waals surface area (Å²) in [6.07, 6.45) is -0.110. The number of hydrogen-bond acceptors (Lipinski definition) is 5. The third-order valence-corrected chi connectivity index (χ3v) is 3.63. The van der Waals surface area contributed by atoms with Crippen LogP contribution in [-0.4, -0.2) is 38.2 Å². The molecule has 1 unspecified atom stereocenters. The summed E-state index contributed by atoms with van der Waals surface area (Å²) in [6.45, 7) is 1.71. The molecule has 6 heteroatoms. The summed E-state index contributed by atoms with van der Waals surface area (Å²) in [7, 11) is 1.61. The van der Waals surface area contributed by atoms with E-state index in [0.29, 0.717) is 18.7 Å². The Morgan fingerprint density at radius 1 is 1.00 bits per heavy atom. The van der Waals surface area contributed by atoms with Crippen LogP contribution >= 0.6 is 0 Å². The molecule has 1 amide bonds. The number of esters is 1. The fraction of sp³-hybridized carbons (Fsp3) is 0.300. The van der Waals surface area contributed by atoms with Crippen LogP contribution in [-0.2, 0) is 20.7 Å². The van der Waals surface area contributed by atoms with Crippen LogP contribution in [0.25, 0.3) is 0 Å². The quantitative estimate of drug-likeness (QED) is 0.698. The van der Waals surface area contributed by atoms with Gasteiger partial charge in [0.05, 0.1) is 7.11 Å². The third kappa shape index (κ3) is 6.47. The summed E-state index contributed by atoms with van der Waals surface area (Å²) in [5, 5.41) is 2.72. The monoisotopic (exact) mass is 357 g/mol. The summed E-state index contributed by atoms with van der Waals surface area (Å²) in [5.74, 6) is 0.426. The standard InChI is InChI=1S/C20H23NO5/c1-15(26-18-6-4-3-5-7-18)20(23)25-14-19(22)21-13-12-16-8-10-17(24-2)11-9-16/h3-11,15H,12-14H2,1-2H3,(H,21,22). The van der Waals surface area contributed by atoms with Crippen LogP contribution in [0.3, 0.4) is 0 Å². The highest BCUT2D eigenvalue weighted by molar-refractivity contribution is 5.81. The van der Waals surface area contributed by atoms with Gasteiger partial charge in [0.1, 0.15) is 11.5 Å². The lowest BCUT2D eigenvalue weighted by Crippen LogP contribution is -2.33. The third-order valence-electron chi connectivity index (χ3n) is 3.63. The number of para-hydroxylation sites is 1. The van der Waals surface area contributed by atoms with Gasteiger partial charge in [-0.05, 0) is 43.2 Å². The second kappa shape index (κ2) is 10.1. The van der Waals surface area contributed by atoms with Crippen molar-refractivity contribution < 1.29 is 23.8 Å². The van der Waals surface area contributed by atoms with Crippen molar-refractivity contribution in [1.82, 2.24) is 5.32 Å². The van der Waals surface area contributed by atoms with Gasteiger partial charge >= 0.3 is 5.97 Å². The molecule has 0 aliphatic rings. The Kier molecular flexibility index (Phi) is 7.49. The molecule has 2 aromatic rings. The van der Waals surface area contributed by atoms with Crippen LogP contribution in [0.4, 0.5) is 0 Å². The highest BCUT2D eigenvalue weighted by Crippen LogP contribution is 2.12. The Morgan fingerprint density at radius 2 is 1.69 bits per heavy atom. The van der Waals surface area contributed by atoms with E-state index in [1.54, 1.807) is 26.2 Å². The summed E-state index contributed by atoms with van der Waals surface area (Å²) in [6, 6.07) is 16.6. The number of rotatable bonds is 9. The van der Waals surface area contributed by atoms with E-state index < -0.39 is 12.1 Å². The smallest absolute Gasteiger partial charge is 0.347 e. The lowest BCUT2D eigenvalue weighted by molar-refractivity contribution is -0.154. The van der Waals surface area contributed by atoms with Crippen molar-refractivity contribution in [2.75, 3.05) is 20.3 Å². The van der Waals surface area contributed by atoms with Crippen LogP contribution in [0.15, 0.2) is 54.6 Å². The van der Waals surface area contributed by atoms with Gasteiger partial charge in [-0.15, -0.1) is 0 Å². The van der Waals surface area contributed by atoms with Gasteiger partial charge in [-0.3, -0.25) is 4.79 Å². The second-order valence-electron chi connectivity index (χ2n) is 5.63. The normalized spacial score (nSPS) is 11.3. The van der Waals surface area contributed by atoms with E-state index in [9.17, 15) is 9.59 Å². The molecule has 0 bridgehead atoms. The summed E-state index contributed by atoms with van der Waals surface area (Å²) >= 11 is 0. The summed E-state index contributed by atoms with van der Waals surface area (Å²) in [4.78, 5) is 23.6. The van der Waals surface area contributed by atoms with Gasteiger partial charge in [-0.25, -0.2) is 4.79 Å². The van der Waals surface area contributed by atoms with Crippen molar-refractivity contribution in [2.24, 2.45) is 0 Å². The first-order valence-corrected chi connectivity index (χ1v) is 8.36. The lowest BCUT2D eigenvalue weighted by Gasteiger charge is -2.13. The Morgan fingerprint density at radius 3 is 2.35 bits per heavy atom. The number of nitrogens with one attached hydrogen (secondary N) is 1. The number of amides is 1. The number of hydrogen-bond donors (Lipinski definition) is 1. The number of benzene rings is 2. The molecule has 1 N–H and O–H groups in total. The molecular formula is C20H23NO5. The van der Waals surface area contributed by atoms with Crippen LogP contribution in [0.5, 0.6) is 11.5 Å². The van der Waals surface area contributed by atoms with Gasteiger partial charge in [-0.1, -0.05) is 30.3 Å². The maximum atomic E-state index is 11.9. The van der Waals surface area contributed by atoms with Crippen molar-refractivity contribution in [1.29, 1.82) is 0 Å². The first-order chi connectivity index (χ1) is 12.6. The SMILES string of the molecule is COc1ccc(CCNC(=O)COC(=O)C(C)Oc2ccccc2)cc1. The predicted molar refractivity (Wildman–Crippen MR) is 97.2 cm³/mol. The lowest BCUT2D eigenvalue weighted by atomic mass is 10.1. The van der Waals surface area contributed by atoms with Gasteiger partial charge < -0.3 is 19.5 Å². The van der Waals surface area contributed by atoms with Crippen LogP contribution in [0.1, 0.15) is 12.5 Å². The number of methoxy groups -OCH3 is 1. The molecule has 2 rings (SSSR count). The fourth-order valence-corrected chi connectivity index (χ4v) is 2.19. The largest absolute Gasteiger partial charge is 0.497 e. The molecule has 0 heterocycles. The molecule has 0 fully saturated rings. The minimum Gasteiger partial charge on any atom is -0.497 e. The van der Waals surface area contributed by atoms with Crippen LogP contribution in [0.2, 0.25) is 0 Å². The Bertz CT molecular complexity index is 700. The maximum absolute atomic E-state index is 11.9. The van der Waals surface area contributed by atoms with E-state index in [1.807, 2.05) is 42.5 Å². The molecular weight excluding hydrogens is 334 g/mol. The van der Waals surface area contributed by atoms with Crippen molar-refractivity contribution in [3.63, 3.8) is 0 Å². The molecule has 0 saturated carbocycles. The van der Waals surface area contributed by atoms with E-state index in [1.165, 1.54) is 0 Å². The minimum absolute atomic E-state index is 0.329. The van der Waals surface area contributed by atoms with Gasteiger partial charge in [0, 0.05) is 6.54 Å². The number of ether oxygens (including phenoxy) is 3. The van der Waals surface area contributed by atoms with E-state index >= 15 is 0 Å². The molecule has 26 heavy (non-hydrogen) atoms. The highest BCUT2D eigenvalue weighted by atomic mass is 16.6. The van der Waals surface area contributed by atoms with Crippen molar-refractivity contribution in [3.8, 4) is 11.5 Å². The average molecular weight is 357 g/mol. The van der Waals surface area contributed by atoms with Crippen molar-refractivity contribution in [3.05, 3.63) is 60.2 Å². The van der Waals surface area contributed by atoms with Gasteiger partial charge in [-0.2, -0.15) is 0 Å². The molecule has 0 saturated heterocycles. The molecule has 0 aliphatic heterocycles. The van der Waals surface area contributed by atoms with Crippen molar-refractivity contribution in [2.45, 2.75) is 19.4 Å². The zero-order chi connectivity index (χ0) is 18.8. The van der Waals surface area contributed by atoms with Crippen LogP contribution in [0, 0.1) is 0 Å². The predicted octanol–water partition coefficient (Wildman–Crippen LogP) is 2.36. The fourth-order valence-electron chi connectivity index (χ4n) is 2.19. The summed E-state index contributed by atoms with van der Waals surface area (Å²) < 4.78 is 15.5. The Balaban J connectivity index is 1.65. The van der Waals surface area contributed by atoms with Crippen molar-refractivity contribution >= 4 is 11.9 Å². The zero-order valence-corrected chi connectivity index (χ0v) is 14.9. The Hall–Kier alpha value is -3.02. The van der Waals surface area contributed by atoms with Gasteiger partial charge in [0.25, 0.3) is 5.91 Å².